The van der Waals surface area contributed by atoms with E-state index in [0.29, 0.717) is 22.2 Å². The Labute approximate surface area is 161 Å². The van der Waals surface area contributed by atoms with Gasteiger partial charge < -0.3 is 15.0 Å². The van der Waals surface area contributed by atoms with Crippen LogP contribution in [0.1, 0.15) is 34.3 Å². The monoisotopic (exact) mass is 387 g/mol. The van der Waals surface area contributed by atoms with Crippen LogP contribution in [0.4, 0.5) is 10.8 Å². The second kappa shape index (κ2) is 7.87. The maximum Gasteiger partial charge on any atom is 0.350 e. The van der Waals surface area contributed by atoms with Gasteiger partial charge in [0.15, 0.2) is 5.13 Å². The number of benzene rings is 1. The van der Waals surface area contributed by atoms with Gasteiger partial charge in [0.25, 0.3) is 0 Å². The topological polar surface area (TPSA) is 88.6 Å². The van der Waals surface area contributed by atoms with Crippen LogP contribution >= 0.6 is 11.3 Å². The number of nitrogens with one attached hydrogen (secondary N) is 1. The van der Waals surface area contributed by atoms with Crippen molar-refractivity contribution in [3.63, 3.8) is 0 Å². The Kier molecular flexibility index (Phi) is 5.55. The fourth-order valence-electron chi connectivity index (χ4n) is 3.03. The minimum Gasteiger partial charge on any atom is -0.462 e. The summed E-state index contributed by atoms with van der Waals surface area (Å²) in [5.41, 5.74) is 2.33. The van der Waals surface area contributed by atoms with Gasteiger partial charge in [0, 0.05) is 18.7 Å². The average molecular weight is 387 g/mol. The first-order chi connectivity index (χ1) is 12.9. The first-order valence-electron chi connectivity index (χ1n) is 8.72. The van der Waals surface area contributed by atoms with E-state index in [0.717, 1.165) is 22.6 Å². The third-order valence-corrected chi connectivity index (χ3v) is 5.44. The van der Waals surface area contributed by atoms with Gasteiger partial charge in [-0.05, 0) is 32.4 Å². The zero-order valence-corrected chi connectivity index (χ0v) is 16.3. The van der Waals surface area contributed by atoms with Crippen LogP contribution in [0.5, 0.6) is 0 Å². The van der Waals surface area contributed by atoms with Gasteiger partial charge >= 0.3 is 5.97 Å². The smallest absolute Gasteiger partial charge is 0.350 e. The van der Waals surface area contributed by atoms with Crippen molar-refractivity contribution < 1.29 is 19.1 Å². The average Bonchev–Trinajstić information content (AvgIpc) is 3.18. The van der Waals surface area contributed by atoms with Gasteiger partial charge in [-0.3, -0.25) is 9.59 Å². The number of rotatable bonds is 5. The van der Waals surface area contributed by atoms with Crippen molar-refractivity contribution >= 4 is 39.9 Å². The Hall–Kier alpha value is -2.74. The molecule has 0 saturated carbocycles. The molecule has 8 heteroatoms. The third kappa shape index (κ3) is 4.00. The Morgan fingerprint density at radius 3 is 2.78 bits per heavy atom. The summed E-state index contributed by atoms with van der Waals surface area (Å²) < 4.78 is 4.98. The number of hydrogen-bond acceptors (Lipinski definition) is 6. The van der Waals surface area contributed by atoms with Crippen LogP contribution in [0.15, 0.2) is 24.3 Å². The van der Waals surface area contributed by atoms with Crippen molar-refractivity contribution in [2.24, 2.45) is 5.92 Å². The number of ether oxygens (including phenoxy) is 1. The molecule has 1 fully saturated rings. The van der Waals surface area contributed by atoms with Gasteiger partial charge in [0.2, 0.25) is 11.8 Å². The Bertz CT molecular complexity index is 893. The van der Waals surface area contributed by atoms with E-state index in [1.807, 2.05) is 31.2 Å². The summed E-state index contributed by atoms with van der Waals surface area (Å²) in [4.78, 5) is 43.1. The highest BCUT2D eigenvalue weighted by molar-refractivity contribution is 7.17. The van der Waals surface area contributed by atoms with E-state index in [1.54, 1.807) is 18.7 Å². The summed E-state index contributed by atoms with van der Waals surface area (Å²) in [6.07, 6.45) is 0.148. The standard InChI is InChI=1S/C19H21N3O4S/c1-4-26-18(25)16-12(3)20-19(27-16)21-17(24)13-9-15(23)22(10-13)14-8-6-5-7-11(14)2/h5-8,13H,4,9-10H2,1-3H3,(H,20,21,24). The lowest BCUT2D eigenvalue weighted by Crippen LogP contribution is -2.28. The minimum atomic E-state index is -0.465. The molecule has 1 aromatic heterocycles. The number of esters is 1. The summed E-state index contributed by atoms with van der Waals surface area (Å²) in [6, 6.07) is 7.60. The highest BCUT2D eigenvalue weighted by atomic mass is 32.1. The van der Waals surface area contributed by atoms with Gasteiger partial charge in [0.1, 0.15) is 4.88 Å². The molecule has 3 rings (SSSR count). The lowest BCUT2D eigenvalue weighted by Gasteiger charge is -2.18. The predicted molar refractivity (Wildman–Crippen MR) is 103 cm³/mol. The molecule has 0 radical (unpaired) electrons. The number of aromatic nitrogens is 1. The van der Waals surface area contributed by atoms with E-state index in [2.05, 4.69) is 10.3 Å². The number of amides is 2. The van der Waals surface area contributed by atoms with Gasteiger partial charge in [-0.15, -0.1) is 0 Å². The first kappa shape index (κ1) is 19.0. The van der Waals surface area contributed by atoms with E-state index in [9.17, 15) is 14.4 Å². The van der Waals surface area contributed by atoms with Crippen LogP contribution in [0.25, 0.3) is 0 Å². The van der Waals surface area contributed by atoms with Gasteiger partial charge in [-0.25, -0.2) is 9.78 Å². The van der Waals surface area contributed by atoms with Crippen LogP contribution in [0.2, 0.25) is 0 Å². The van der Waals surface area contributed by atoms with Gasteiger partial charge in [-0.1, -0.05) is 29.5 Å². The molecule has 2 aromatic rings. The molecule has 0 spiro atoms. The van der Waals surface area contributed by atoms with Crippen molar-refractivity contribution in [3.05, 3.63) is 40.4 Å². The second-order valence-electron chi connectivity index (χ2n) is 6.34. The van der Waals surface area contributed by atoms with Crippen LogP contribution < -0.4 is 10.2 Å². The number of aryl methyl sites for hydroxylation is 2. The zero-order valence-electron chi connectivity index (χ0n) is 15.4. The molecule has 2 heterocycles. The van der Waals surface area contributed by atoms with Crippen LogP contribution in [0, 0.1) is 19.8 Å². The van der Waals surface area contributed by atoms with Crippen molar-refractivity contribution in [2.75, 3.05) is 23.4 Å². The quantitative estimate of drug-likeness (QED) is 0.797. The normalized spacial score (nSPS) is 16.5. The minimum absolute atomic E-state index is 0.0769. The number of anilines is 2. The lowest BCUT2D eigenvalue weighted by atomic mass is 10.1. The summed E-state index contributed by atoms with van der Waals surface area (Å²) in [5.74, 6) is -1.27. The first-order valence-corrected chi connectivity index (χ1v) is 9.53. The molecule has 1 N–H and O–H groups in total. The Morgan fingerprint density at radius 1 is 1.33 bits per heavy atom. The van der Waals surface area contributed by atoms with Crippen LogP contribution in [-0.2, 0) is 14.3 Å². The molecule has 1 aliphatic heterocycles. The van der Waals surface area contributed by atoms with Crippen molar-refractivity contribution in [1.29, 1.82) is 0 Å². The molecule has 1 saturated heterocycles. The fraction of sp³-hybridized carbons (Fsp3) is 0.368. The molecule has 2 amide bonds. The molecule has 7 nitrogen and oxygen atoms in total. The van der Waals surface area contributed by atoms with Gasteiger partial charge in [-0.2, -0.15) is 0 Å². The maximum absolute atomic E-state index is 12.6. The molecule has 0 bridgehead atoms. The van der Waals surface area contributed by atoms with E-state index in [4.69, 9.17) is 4.74 Å². The number of carbonyl (C=O) groups excluding carboxylic acids is 3. The largest absolute Gasteiger partial charge is 0.462 e. The molecular weight excluding hydrogens is 366 g/mol. The predicted octanol–water partition coefficient (Wildman–Crippen LogP) is 2.93. The lowest BCUT2D eigenvalue weighted by molar-refractivity contribution is -0.122. The van der Waals surface area contributed by atoms with Crippen molar-refractivity contribution in [3.8, 4) is 0 Å². The SMILES string of the molecule is CCOC(=O)c1sc(NC(=O)C2CC(=O)N(c3ccccc3C)C2)nc1C. The van der Waals surface area contributed by atoms with E-state index in [-0.39, 0.29) is 24.8 Å². The maximum atomic E-state index is 12.6. The van der Waals surface area contributed by atoms with E-state index in [1.165, 1.54) is 0 Å². The number of para-hydroxylation sites is 1. The van der Waals surface area contributed by atoms with Crippen molar-refractivity contribution in [2.45, 2.75) is 27.2 Å². The second-order valence-corrected chi connectivity index (χ2v) is 7.33. The fourth-order valence-corrected chi connectivity index (χ4v) is 3.89. The summed E-state index contributed by atoms with van der Waals surface area (Å²) >= 11 is 1.08. The molecule has 1 aromatic carbocycles. The highest BCUT2D eigenvalue weighted by Gasteiger charge is 2.36. The number of thiazole rings is 1. The molecule has 1 aliphatic rings. The van der Waals surface area contributed by atoms with E-state index >= 15 is 0 Å². The third-order valence-electron chi connectivity index (χ3n) is 4.39. The zero-order chi connectivity index (χ0) is 19.6. The number of carbonyl (C=O) groups is 3. The summed E-state index contributed by atoms with van der Waals surface area (Å²) in [5, 5.41) is 3.07. The number of hydrogen-bond donors (Lipinski definition) is 1. The molecule has 27 heavy (non-hydrogen) atoms. The number of nitrogens with zero attached hydrogens (tertiary/aromatic N) is 2. The Balaban J connectivity index is 1.69. The molecular formula is C19H21N3O4S. The van der Waals surface area contributed by atoms with Crippen LogP contribution in [0.3, 0.4) is 0 Å². The van der Waals surface area contributed by atoms with Crippen LogP contribution in [-0.4, -0.2) is 35.9 Å². The molecule has 1 unspecified atom stereocenters. The summed E-state index contributed by atoms with van der Waals surface area (Å²) in [7, 11) is 0. The molecule has 142 valence electrons. The highest BCUT2D eigenvalue weighted by Crippen LogP contribution is 2.29. The Morgan fingerprint density at radius 2 is 2.07 bits per heavy atom. The summed E-state index contributed by atoms with van der Waals surface area (Å²) in [6.45, 7) is 5.96. The van der Waals surface area contributed by atoms with Crippen molar-refractivity contribution in [1.82, 2.24) is 4.98 Å². The molecule has 0 aliphatic carbocycles. The molecule has 1 atom stereocenters. The van der Waals surface area contributed by atoms with E-state index < -0.39 is 11.9 Å². The van der Waals surface area contributed by atoms with Gasteiger partial charge in [0.05, 0.1) is 18.2 Å².